The SMILES string of the molecule is CC(C)(C)c1cc(C(F)(F)F)nn1CC(=O)O. The quantitative estimate of drug-likeness (QED) is 0.876. The van der Waals surface area contributed by atoms with E-state index in [1.165, 1.54) is 0 Å². The van der Waals surface area contributed by atoms with Gasteiger partial charge in [0.2, 0.25) is 0 Å². The number of carboxylic acids is 1. The van der Waals surface area contributed by atoms with Crippen molar-refractivity contribution in [2.45, 2.75) is 38.9 Å². The van der Waals surface area contributed by atoms with Gasteiger partial charge in [0.15, 0.2) is 5.69 Å². The monoisotopic (exact) mass is 250 g/mol. The Morgan fingerprint density at radius 3 is 2.29 bits per heavy atom. The van der Waals surface area contributed by atoms with Crippen LogP contribution in [0.15, 0.2) is 6.07 Å². The number of carboxylic acid groups (broad SMARTS) is 1. The predicted octanol–water partition coefficient (Wildman–Crippen LogP) is 2.28. The first-order valence-electron chi connectivity index (χ1n) is 4.89. The Hall–Kier alpha value is -1.53. The van der Waals surface area contributed by atoms with Crippen LogP contribution in [-0.2, 0) is 22.9 Å². The number of carbonyl (C=O) groups is 1. The Kier molecular flexibility index (Phi) is 3.22. The minimum Gasteiger partial charge on any atom is -0.480 e. The van der Waals surface area contributed by atoms with Crippen molar-refractivity contribution in [3.05, 3.63) is 17.5 Å². The smallest absolute Gasteiger partial charge is 0.435 e. The third-order valence-electron chi connectivity index (χ3n) is 2.12. The van der Waals surface area contributed by atoms with Crippen LogP contribution in [0.1, 0.15) is 32.2 Å². The summed E-state index contributed by atoms with van der Waals surface area (Å²) in [4.78, 5) is 10.6. The van der Waals surface area contributed by atoms with Crippen molar-refractivity contribution >= 4 is 5.97 Å². The van der Waals surface area contributed by atoms with Gasteiger partial charge in [-0.25, -0.2) is 0 Å². The van der Waals surface area contributed by atoms with Gasteiger partial charge in [0, 0.05) is 11.1 Å². The first kappa shape index (κ1) is 13.5. The van der Waals surface area contributed by atoms with Crippen LogP contribution in [0.3, 0.4) is 0 Å². The fourth-order valence-electron chi connectivity index (χ4n) is 1.41. The lowest BCUT2D eigenvalue weighted by Gasteiger charge is -2.19. The maximum absolute atomic E-state index is 12.5. The van der Waals surface area contributed by atoms with Crippen molar-refractivity contribution in [1.82, 2.24) is 9.78 Å². The molecule has 1 aromatic rings. The molecule has 0 bridgehead atoms. The number of hydrogen-bond donors (Lipinski definition) is 1. The highest BCUT2D eigenvalue weighted by molar-refractivity contribution is 5.66. The topological polar surface area (TPSA) is 55.1 Å². The van der Waals surface area contributed by atoms with Gasteiger partial charge in [-0.3, -0.25) is 9.48 Å². The van der Waals surface area contributed by atoms with E-state index in [-0.39, 0.29) is 5.69 Å². The normalized spacial score (nSPS) is 12.8. The molecule has 1 rings (SSSR count). The fraction of sp³-hybridized carbons (Fsp3) is 0.600. The van der Waals surface area contributed by atoms with Crippen molar-refractivity contribution in [1.29, 1.82) is 0 Å². The highest BCUT2D eigenvalue weighted by Gasteiger charge is 2.36. The van der Waals surface area contributed by atoms with E-state index < -0.39 is 29.8 Å². The fourth-order valence-corrected chi connectivity index (χ4v) is 1.41. The van der Waals surface area contributed by atoms with E-state index in [1.807, 2.05) is 0 Å². The summed E-state index contributed by atoms with van der Waals surface area (Å²) in [6.07, 6.45) is -4.57. The van der Waals surface area contributed by atoms with Crippen LogP contribution in [-0.4, -0.2) is 20.9 Å². The second kappa shape index (κ2) is 4.05. The molecule has 17 heavy (non-hydrogen) atoms. The summed E-state index contributed by atoms with van der Waals surface area (Å²) < 4.78 is 38.3. The minimum atomic E-state index is -4.57. The van der Waals surface area contributed by atoms with Gasteiger partial charge in [-0.05, 0) is 6.07 Å². The van der Waals surface area contributed by atoms with E-state index in [1.54, 1.807) is 20.8 Å². The molecule has 0 unspecified atom stereocenters. The Labute approximate surface area is 96.0 Å². The first-order valence-corrected chi connectivity index (χ1v) is 4.89. The third kappa shape index (κ3) is 3.21. The van der Waals surface area contributed by atoms with Crippen molar-refractivity contribution in [3.8, 4) is 0 Å². The van der Waals surface area contributed by atoms with Gasteiger partial charge in [-0.2, -0.15) is 18.3 Å². The molecule has 1 aromatic heterocycles. The molecule has 0 fully saturated rings. The van der Waals surface area contributed by atoms with E-state index in [9.17, 15) is 18.0 Å². The number of rotatable bonds is 2. The van der Waals surface area contributed by atoms with Crippen LogP contribution in [0.25, 0.3) is 0 Å². The number of halogens is 3. The van der Waals surface area contributed by atoms with E-state index in [4.69, 9.17) is 5.11 Å². The van der Waals surface area contributed by atoms with Gasteiger partial charge in [0.1, 0.15) is 6.54 Å². The molecule has 0 aliphatic heterocycles. The molecular weight excluding hydrogens is 237 g/mol. The molecule has 7 heteroatoms. The van der Waals surface area contributed by atoms with Gasteiger partial charge in [0.25, 0.3) is 0 Å². The Bertz CT molecular complexity index is 430. The van der Waals surface area contributed by atoms with Gasteiger partial charge < -0.3 is 5.11 Å². The Balaban J connectivity index is 3.27. The van der Waals surface area contributed by atoms with Crippen LogP contribution in [0.4, 0.5) is 13.2 Å². The van der Waals surface area contributed by atoms with E-state index in [2.05, 4.69) is 5.10 Å². The molecule has 0 saturated heterocycles. The van der Waals surface area contributed by atoms with Gasteiger partial charge in [0.05, 0.1) is 0 Å². The Morgan fingerprint density at radius 2 is 1.94 bits per heavy atom. The molecule has 1 heterocycles. The average Bonchev–Trinajstić information content (AvgIpc) is 2.44. The number of aromatic nitrogens is 2. The van der Waals surface area contributed by atoms with E-state index in [0.29, 0.717) is 0 Å². The molecule has 0 aliphatic rings. The molecule has 0 radical (unpaired) electrons. The Morgan fingerprint density at radius 1 is 1.41 bits per heavy atom. The maximum atomic E-state index is 12.5. The van der Waals surface area contributed by atoms with Crippen LogP contribution >= 0.6 is 0 Å². The molecular formula is C10H13F3N2O2. The maximum Gasteiger partial charge on any atom is 0.435 e. The van der Waals surface area contributed by atoms with E-state index >= 15 is 0 Å². The average molecular weight is 250 g/mol. The third-order valence-corrected chi connectivity index (χ3v) is 2.12. The molecule has 0 spiro atoms. The molecule has 0 amide bonds. The summed E-state index contributed by atoms with van der Waals surface area (Å²) in [5.74, 6) is -1.23. The molecule has 96 valence electrons. The lowest BCUT2D eigenvalue weighted by Crippen LogP contribution is -2.21. The van der Waals surface area contributed by atoms with Crippen LogP contribution in [0.5, 0.6) is 0 Å². The van der Waals surface area contributed by atoms with E-state index in [0.717, 1.165) is 10.7 Å². The van der Waals surface area contributed by atoms with Crippen molar-refractivity contribution in [2.24, 2.45) is 0 Å². The summed E-state index contributed by atoms with van der Waals surface area (Å²) in [5.41, 5.74) is -1.43. The molecule has 4 nitrogen and oxygen atoms in total. The molecule has 0 aromatic carbocycles. The summed E-state index contributed by atoms with van der Waals surface area (Å²) in [6, 6.07) is 0.892. The van der Waals surface area contributed by atoms with Crippen LogP contribution in [0.2, 0.25) is 0 Å². The number of nitrogens with zero attached hydrogens (tertiary/aromatic N) is 2. The predicted molar refractivity (Wildman–Crippen MR) is 53.6 cm³/mol. The minimum absolute atomic E-state index is 0.243. The lowest BCUT2D eigenvalue weighted by atomic mass is 9.92. The zero-order valence-electron chi connectivity index (χ0n) is 9.67. The second-order valence-corrected chi connectivity index (χ2v) is 4.71. The van der Waals surface area contributed by atoms with Gasteiger partial charge in [-0.15, -0.1) is 0 Å². The first-order chi connectivity index (χ1) is 7.51. The van der Waals surface area contributed by atoms with Crippen LogP contribution < -0.4 is 0 Å². The highest BCUT2D eigenvalue weighted by atomic mass is 19.4. The zero-order valence-corrected chi connectivity index (χ0v) is 9.67. The molecule has 0 saturated carbocycles. The van der Waals surface area contributed by atoms with Crippen molar-refractivity contribution in [2.75, 3.05) is 0 Å². The van der Waals surface area contributed by atoms with Crippen molar-refractivity contribution in [3.63, 3.8) is 0 Å². The van der Waals surface area contributed by atoms with Gasteiger partial charge >= 0.3 is 12.1 Å². The summed E-state index contributed by atoms with van der Waals surface area (Å²) in [5, 5.41) is 11.9. The largest absolute Gasteiger partial charge is 0.480 e. The number of alkyl halides is 3. The summed E-state index contributed by atoms with van der Waals surface area (Å²) in [7, 11) is 0. The second-order valence-electron chi connectivity index (χ2n) is 4.71. The zero-order chi connectivity index (χ0) is 13.4. The lowest BCUT2D eigenvalue weighted by molar-refractivity contribution is -0.143. The summed E-state index contributed by atoms with van der Waals surface area (Å²) >= 11 is 0. The highest BCUT2D eigenvalue weighted by Crippen LogP contribution is 2.32. The number of hydrogen-bond acceptors (Lipinski definition) is 2. The molecule has 0 aliphatic carbocycles. The number of aliphatic carboxylic acids is 1. The standard InChI is InChI=1S/C10H13F3N2O2/c1-9(2,3)7-4-6(10(11,12)13)14-15(7)5-8(16)17/h4H,5H2,1-3H3,(H,16,17). The van der Waals surface area contributed by atoms with Crippen molar-refractivity contribution < 1.29 is 23.1 Å². The summed E-state index contributed by atoms with van der Waals surface area (Å²) in [6.45, 7) is 4.51. The molecule has 0 atom stereocenters. The van der Waals surface area contributed by atoms with Gasteiger partial charge in [-0.1, -0.05) is 20.8 Å². The van der Waals surface area contributed by atoms with Crippen LogP contribution in [0, 0.1) is 0 Å². The molecule has 1 N–H and O–H groups in total.